The van der Waals surface area contributed by atoms with Gasteiger partial charge in [0.15, 0.2) is 6.04 Å². The molecule has 2 unspecified atom stereocenters. The first-order chi connectivity index (χ1) is 6.69. The van der Waals surface area contributed by atoms with Crippen molar-refractivity contribution >= 4 is 12.1 Å². The van der Waals surface area contributed by atoms with Crippen LogP contribution in [0.1, 0.15) is 26.2 Å². The summed E-state index contributed by atoms with van der Waals surface area (Å²) in [5, 5.41) is 2.43. The number of hydrogen-bond acceptors (Lipinski definition) is 4. The first kappa shape index (κ1) is 10.8. The molecule has 1 saturated heterocycles. The summed E-state index contributed by atoms with van der Waals surface area (Å²) in [5.74, 6) is -0.447. The van der Waals surface area contributed by atoms with Crippen molar-refractivity contribution in [1.82, 2.24) is 5.32 Å². The lowest BCUT2D eigenvalue weighted by atomic mass is 10.1. The number of ether oxygens (including phenoxy) is 2. The van der Waals surface area contributed by atoms with Crippen molar-refractivity contribution in [3.8, 4) is 0 Å². The van der Waals surface area contributed by atoms with E-state index in [1.807, 2.05) is 6.92 Å². The lowest BCUT2D eigenvalue weighted by Crippen LogP contribution is -2.40. The minimum Gasteiger partial charge on any atom is -0.467 e. The molecule has 80 valence electrons. The number of amides is 1. The molecule has 0 spiro atoms. The second kappa shape index (κ2) is 4.83. The maximum Gasteiger partial charge on any atom is 0.408 e. The number of alkyl carbamates (subject to hydrolysis) is 1. The van der Waals surface area contributed by atoms with Gasteiger partial charge in [0.2, 0.25) is 0 Å². The molecule has 1 amide bonds. The number of cyclic esters (lactones) is 1. The quantitative estimate of drug-likeness (QED) is 0.684. The number of esters is 1. The van der Waals surface area contributed by atoms with Crippen LogP contribution in [0.2, 0.25) is 0 Å². The van der Waals surface area contributed by atoms with Gasteiger partial charge in [-0.3, -0.25) is 0 Å². The topological polar surface area (TPSA) is 64.6 Å². The number of carbonyl (C=O) groups excluding carboxylic acids is 2. The van der Waals surface area contributed by atoms with E-state index < -0.39 is 18.1 Å². The second-order valence-corrected chi connectivity index (χ2v) is 3.23. The smallest absolute Gasteiger partial charge is 0.408 e. The van der Waals surface area contributed by atoms with Crippen LogP contribution >= 0.6 is 0 Å². The van der Waals surface area contributed by atoms with Gasteiger partial charge >= 0.3 is 12.1 Å². The molecule has 0 saturated carbocycles. The highest BCUT2D eigenvalue weighted by molar-refractivity contribution is 5.84. The van der Waals surface area contributed by atoms with Gasteiger partial charge in [-0.05, 0) is 12.8 Å². The molecule has 0 aromatic carbocycles. The molecule has 1 aliphatic rings. The number of hydrogen-bond donors (Lipinski definition) is 1. The summed E-state index contributed by atoms with van der Waals surface area (Å²) in [6.45, 7) is 2.04. The Bertz CT molecular complexity index is 229. The van der Waals surface area contributed by atoms with Crippen LogP contribution < -0.4 is 5.32 Å². The van der Waals surface area contributed by atoms with Crippen molar-refractivity contribution < 1.29 is 19.1 Å². The van der Waals surface area contributed by atoms with Gasteiger partial charge in [0.25, 0.3) is 0 Å². The van der Waals surface area contributed by atoms with Gasteiger partial charge < -0.3 is 14.8 Å². The van der Waals surface area contributed by atoms with E-state index in [1.165, 1.54) is 7.11 Å². The van der Waals surface area contributed by atoms with Crippen molar-refractivity contribution in [3.05, 3.63) is 0 Å². The molecule has 1 N–H and O–H groups in total. The zero-order valence-electron chi connectivity index (χ0n) is 8.41. The van der Waals surface area contributed by atoms with E-state index in [-0.39, 0.29) is 6.10 Å². The van der Waals surface area contributed by atoms with Crippen LogP contribution in [0.3, 0.4) is 0 Å². The highest BCUT2D eigenvalue weighted by Crippen LogP contribution is 2.16. The van der Waals surface area contributed by atoms with E-state index in [0.717, 1.165) is 12.8 Å². The standard InChI is InChI=1S/C9H15NO4/c1-3-4-5-6-7(8(11)13-2)10-9(12)14-6/h6-7H,3-5H2,1-2H3,(H,10,12). The maximum atomic E-state index is 11.2. The molecule has 0 aliphatic carbocycles. The highest BCUT2D eigenvalue weighted by Gasteiger charge is 2.39. The number of methoxy groups -OCH3 is 1. The molecule has 0 aromatic heterocycles. The molecule has 5 heteroatoms. The molecule has 0 radical (unpaired) electrons. The molecule has 14 heavy (non-hydrogen) atoms. The maximum absolute atomic E-state index is 11.2. The van der Waals surface area contributed by atoms with E-state index in [0.29, 0.717) is 6.42 Å². The number of rotatable bonds is 4. The van der Waals surface area contributed by atoms with E-state index in [4.69, 9.17) is 4.74 Å². The Morgan fingerprint density at radius 1 is 1.64 bits per heavy atom. The Morgan fingerprint density at radius 3 is 2.93 bits per heavy atom. The zero-order chi connectivity index (χ0) is 10.6. The minimum absolute atomic E-state index is 0.380. The lowest BCUT2D eigenvalue weighted by molar-refractivity contribution is -0.144. The minimum atomic E-state index is -0.640. The van der Waals surface area contributed by atoms with Crippen molar-refractivity contribution in [3.63, 3.8) is 0 Å². The summed E-state index contributed by atoms with van der Waals surface area (Å²) in [5.41, 5.74) is 0. The van der Waals surface area contributed by atoms with Crippen LogP contribution in [-0.2, 0) is 14.3 Å². The van der Waals surface area contributed by atoms with Gasteiger partial charge in [-0.1, -0.05) is 13.3 Å². The fourth-order valence-corrected chi connectivity index (χ4v) is 1.43. The van der Waals surface area contributed by atoms with E-state index in [9.17, 15) is 9.59 Å². The van der Waals surface area contributed by atoms with E-state index in [2.05, 4.69) is 10.1 Å². The molecule has 1 heterocycles. The average molecular weight is 201 g/mol. The Labute approximate surface area is 82.8 Å². The summed E-state index contributed by atoms with van der Waals surface area (Å²) >= 11 is 0. The van der Waals surface area contributed by atoms with Gasteiger partial charge in [-0.25, -0.2) is 9.59 Å². The fourth-order valence-electron chi connectivity index (χ4n) is 1.43. The molecular weight excluding hydrogens is 186 g/mol. The van der Waals surface area contributed by atoms with Crippen LogP contribution in [0.5, 0.6) is 0 Å². The Hall–Kier alpha value is -1.26. The van der Waals surface area contributed by atoms with Gasteiger partial charge in [0.1, 0.15) is 6.10 Å². The molecule has 0 aromatic rings. The van der Waals surface area contributed by atoms with Gasteiger partial charge in [0, 0.05) is 0 Å². The first-order valence-electron chi connectivity index (χ1n) is 4.74. The predicted octanol–water partition coefficient (Wildman–Crippen LogP) is 0.827. The van der Waals surface area contributed by atoms with Crippen molar-refractivity contribution in [2.24, 2.45) is 0 Å². The number of unbranched alkanes of at least 4 members (excludes halogenated alkanes) is 1. The Balaban J connectivity index is 2.53. The highest BCUT2D eigenvalue weighted by atomic mass is 16.6. The SMILES string of the molecule is CCCCC1OC(=O)NC1C(=O)OC. The number of nitrogens with one attached hydrogen (secondary N) is 1. The van der Waals surface area contributed by atoms with Crippen LogP contribution in [0, 0.1) is 0 Å². The van der Waals surface area contributed by atoms with E-state index >= 15 is 0 Å². The predicted molar refractivity (Wildman–Crippen MR) is 48.7 cm³/mol. The largest absolute Gasteiger partial charge is 0.467 e. The average Bonchev–Trinajstić information content (AvgIpc) is 2.55. The van der Waals surface area contributed by atoms with Crippen molar-refractivity contribution in [1.29, 1.82) is 0 Å². The monoisotopic (exact) mass is 201 g/mol. The van der Waals surface area contributed by atoms with Crippen LogP contribution in [0.15, 0.2) is 0 Å². The van der Waals surface area contributed by atoms with Gasteiger partial charge in [0.05, 0.1) is 7.11 Å². The number of carbonyl (C=O) groups is 2. The third kappa shape index (κ3) is 2.37. The summed E-state index contributed by atoms with van der Waals surface area (Å²) in [6.07, 6.45) is 1.70. The first-order valence-corrected chi connectivity index (χ1v) is 4.74. The Morgan fingerprint density at radius 2 is 2.36 bits per heavy atom. The summed E-state index contributed by atoms with van der Waals surface area (Å²) in [7, 11) is 1.30. The lowest BCUT2D eigenvalue weighted by Gasteiger charge is -2.13. The summed E-state index contributed by atoms with van der Waals surface area (Å²) < 4.78 is 9.51. The summed E-state index contributed by atoms with van der Waals surface area (Å²) in [6, 6.07) is -0.640. The van der Waals surface area contributed by atoms with Gasteiger partial charge in [-0.2, -0.15) is 0 Å². The molecular formula is C9H15NO4. The molecule has 5 nitrogen and oxygen atoms in total. The van der Waals surface area contributed by atoms with E-state index in [1.54, 1.807) is 0 Å². The third-order valence-electron chi connectivity index (χ3n) is 2.20. The van der Waals surface area contributed by atoms with Crippen LogP contribution in [0.4, 0.5) is 4.79 Å². The van der Waals surface area contributed by atoms with Crippen LogP contribution in [-0.4, -0.2) is 31.3 Å². The van der Waals surface area contributed by atoms with Gasteiger partial charge in [-0.15, -0.1) is 0 Å². The molecule has 2 atom stereocenters. The third-order valence-corrected chi connectivity index (χ3v) is 2.20. The van der Waals surface area contributed by atoms with Crippen LogP contribution in [0.25, 0.3) is 0 Å². The Kier molecular flexibility index (Phi) is 3.73. The zero-order valence-corrected chi connectivity index (χ0v) is 8.41. The second-order valence-electron chi connectivity index (χ2n) is 3.23. The molecule has 1 fully saturated rings. The molecule has 1 rings (SSSR count). The van der Waals surface area contributed by atoms with Crippen molar-refractivity contribution in [2.45, 2.75) is 38.3 Å². The fraction of sp³-hybridized carbons (Fsp3) is 0.778. The summed E-state index contributed by atoms with van der Waals surface area (Å²) in [4.78, 5) is 22.1. The van der Waals surface area contributed by atoms with Crippen molar-refractivity contribution in [2.75, 3.05) is 7.11 Å². The normalized spacial score (nSPS) is 25.4. The molecule has 1 aliphatic heterocycles. The molecule has 0 bridgehead atoms.